The Morgan fingerprint density at radius 3 is 2.44 bits per heavy atom. The van der Waals surface area contributed by atoms with E-state index in [1.54, 1.807) is 22.4 Å². The van der Waals surface area contributed by atoms with Gasteiger partial charge in [0.25, 0.3) is 10.0 Å². The molecule has 0 aliphatic carbocycles. The van der Waals surface area contributed by atoms with Crippen LogP contribution in [0.25, 0.3) is 0 Å². The summed E-state index contributed by atoms with van der Waals surface area (Å²) in [5.41, 5.74) is -0.284. The van der Waals surface area contributed by atoms with Gasteiger partial charge in [-0.3, -0.25) is 9.59 Å². The quantitative estimate of drug-likeness (QED) is 0.813. The number of rotatable bonds is 4. The number of thiophene rings is 1. The highest BCUT2D eigenvalue weighted by Gasteiger charge is 2.40. The van der Waals surface area contributed by atoms with Crippen molar-refractivity contribution in [1.29, 1.82) is 0 Å². The van der Waals surface area contributed by atoms with E-state index in [4.69, 9.17) is 0 Å². The molecule has 0 saturated carbocycles. The fourth-order valence-electron chi connectivity index (χ4n) is 3.63. The number of hydrogen-bond donors (Lipinski definition) is 1. The van der Waals surface area contributed by atoms with Crippen LogP contribution >= 0.6 is 11.3 Å². The average molecular weight is 414 g/mol. The standard InChI is InChI=1S/C18H27N3O4S2/c1-18(2,3)21-12-13(11-15(21)22)17(23)19-14-6-8-20(9-7-14)27(24,25)16-5-4-10-26-16/h4-5,10,13-14H,6-9,11-12H2,1-3H3,(H,19,23). The highest BCUT2D eigenvalue weighted by Crippen LogP contribution is 2.27. The van der Waals surface area contributed by atoms with Gasteiger partial charge in [0.2, 0.25) is 11.8 Å². The van der Waals surface area contributed by atoms with Gasteiger partial charge in [-0.25, -0.2) is 8.42 Å². The van der Waals surface area contributed by atoms with Crippen molar-refractivity contribution >= 4 is 33.2 Å². The van der Waals surface area contributed by atoms with Gasteiger partial charge in [0.1, 0.15) is 4.21 Å². The Morgan fingerprint density at radius 1 is 1.26 bits per heavy atom. The van der Waals surface area contributed by atoms with Crippen LogP contribution in [0.4, 0.5) is 0 Å². The Hall–Kier alpha value is -1.45. The summed E-state index contributed by atoms with van der Waals surface area (Å²) in [4.78, 5) is 26.5. The summed E-state index contributed by atoms with van der Waals surface area (Å²) in [6.45, 7) is 7.13. The highest BCUT2D eigenvalue weighted by molar-refractivity contribution is 7.91. The van der Waals surface area contributed by atoms with Gasteiger partial charge in [0, 0.05) is 37.6 Å². The number of carbonyl (C=O) groups is 2. The van der Waals surface area contributed by atoms with Crippen LogP contribution in [0.2, 0.25) is 0 Å². The van der Waals surface area contributed by atoms with Crippen LogP contribution < -0.4 is 5.32 Å². The van der Waals surface area contributed by atoms with Crippen molar-refractivity contribution in [2.75, 3.05) is 19.6 Å². The Bertz CT molecular complexity index is 791. The van der Waals surface area contributed by atoms with Gasteiger partial charge in [-0.1, -0.05) is 6.07 Å². The zero-order valence-corrected chi connectivity index (χ0v) is 17.6. The molecule has 9 heteroatoms. The van der Waals surface area contributed by atoms with E-state index in [-0.39, 0.29) is 35.7 Å². The molecule has 3 heterocycles. The molecule has 7 nitrogen and oxygen atoms in total. The normalized spacial score (nSPS) is 23.0. The number of sulfonamides is 1. The third-order valence-electron chi connectivity index (χ3n) is 5.20. The molecule has 1 aromatic heterocycles. The largest absolute Gasteiger partial charge is 0.353 e. The summed E-state index contributed by atoms with van der Waals surface area (Å²) in [5, 5.41) is 4.78. The number of nitrogens with one attached hydrogen (secondary N) is 1. The molecule has 2 fully saturated rings. The van der Waals surface area contributed by atoms with Gasteiger partial charge < -0.3 is 10.2 Å². The summed E-state index contributed by atoms with van der Waals surface area (Å²) in [5.74, 6) is -0.418. The molecular formula is C18H27N3O4S2. The van der Waals surface area contributed by atoms with Crippen LogP contribution in [-0.4, -0.2) is 60.7 Å². The first kappa shape index (κ1) is 20.3. The summed E-state index contributed by atoms with van der Waals surface area (Å²) < 4.78 is 27.0. The molecule has 1 atom stereocenters. The van der Waals surface area contributed by atoms with Crippen molar-refractivity contribution < 1.29 is 18.0 Å². The van der Waals surface area contributed by atoms with E-state index in [1.165, 1.54) is 15.6 Å². The monoisotopic (exact) mass is 413 g/mol. The van der Waals surface area contributed by atoms with Crippen LogP contribution in [0.1, 0.15) is 40.0 Å². The Labute approximate surface area is 164 Å². The minimum atomic E-state index is -3.43. The number of piperidine rings is 1. The molecule has 0 radical (unpaired) electrons. The average Bonchev–Trinajstić information content (AvgIpc) is 3.24. The summed E-state index contributed by atoms with van der Waals surface area (Å²) in [6, 6.07) is 3.30. The highest BCUT2D eigenvalue weighted by atomic mass is 32.2. The van der Waals surface area contributed by atoms with Crippen molar-refractivity contribution in [3.05, 3.63) is 17.5 Å². The number of amides is 2. The van der Waals surface area contributed by atoms with E-state index in [9.17, 15) is 18.0 Å². The molecule has 0 aromatic carbocycles. The summed E-state index contributed by atoms with van der Waals surface area (Å²) in [7, 11) is -3.43. The van der Waals surface area contributed by atoms with Gasteiger partial charge in [0.15, 0.2) is 0 Å². The second kappa shape index (κ2) is 7.52. The van der Waals surface area contributed by atoms with E-state index in [0.717, 1.165) is 0 Å². The van der Waals surface area contributed by atoms with Crippen molar-refractivity contribution in [3.8, 4) is 0 Å². The third-order valence-corrected chi connectivity index (χ3v) is 8.47. The van der Waals surface area contributed by atoms with Gasteiger partial charge in [-0.05, 0) is 45.1 Å². The fraction of sp³-hybridized carbons (Fsp3) is 0.667. The molecule has 27 heavy (non-hydrogen) atoms. The maximum Gasteiger partial charge on any atom is 0.252 e. The van der Waals surface area contributed by atoms with E-state index in [0.29, 0.717) is 36.7 Å². The molecule has 1 aromatic rings. The summed E-state index contributed by atoms with van der Waals surface area (Å²) in [6.07, 6.45) is 1.41. The minimum Gasteiger partial charge on any atom is -0.353 e. The Kier molecular flexibility index (Phi) is 5.65. The van der Waals surface area contributed by atoms with Gasteiger partial charge in [0.05, 0.1) is 5.92 Å². The van der Waals surface area contributed by atoms with E-state index < -0.39 is 10.0 Å². The van der Waals surface area contributed by atoms with Gasteiger partial charge in [-0.2, -0.15) is 4.31 Å². The first-order valence-electron chi connectivity index (χ1n) is 9.23. The van der Waals surface area contributed by atoms with Gasteiger partial charge >= 0.3 is 0 Å². The second-order valence-electron chi connectivity index (χ2n) is 8.20. The number of nitrogens with zero attached hydrogens (tertiary/aromatic N) is 2. The maximum atomic E-state index is 12.6. The molecule has 0 bridgehead atoms. The lowest BCUT2D eigenvalue weighted by atomic mass is 10.0. The molecule has 3 rings (SSSR count). The smallest absolute Gasteiger partial charge is 0.252 e. The molecule has 150 valence electrons. The molecule has 2 amide bonds. The number of hydrogen-bond acceptors (Lipinski definition) is 5. The van der Waals surface area contributed by atoms with Crippen molar-refractivity contribution in [3.63, 3.8) is 0 Å². The predicted molar refractivity (Wildman–Crippen MR) is 104 cm³/mol. The lowest BCUT2D eigenvalue weighted by Gasteiger charge is -2.33. The summed E-state index contributed by atoms with van der Waals surface area (Å²) >= 11 is 1.22. The first-order chi connectivity index (χ1) is 12.6. The minimum absolute atomic E-state index is 0.0134. The van der Waals surface area contributed by atoms with Crippen LogP contribution in [-0.2, 0) is 19.6 Å². The maximum absolute atomic E-state index is 12.6. The van der Waals surface area contributed by atoms with E-state index in [1.807, 2.05) is 20.8 Å². The number of carbonyl (C=O) groups excluding carboxylic acids is 2. The number of likely N-dealkylation sites (tertiary alicyclic amines) is 1. The van der Waals surface area contributed by atoms with Crippen molar-refractivity contribution in [1.82, 2.24) is 14.5 Å². The predicted octanol–water partition coefficient (Wildman–Crippen LogP) is 1.66. The molecular weight excluding hydrogens is 386 g/mol. The topological polar surface area (TPSA) is 86.8 Å². The molecule has 2 saturated heterocycles. The zero-order valence-electron chi connectivity index (χ0n) is 16.0. The van der Waals surface area contributed by atoms with Crippen LogP contribution in [0.3, 0.4) is 0 Å². The lowest BCUT2D eigenvalue weighted by molar-refractivity contribution is -0.132. The molecule has 1 N–H and O–H groups in total. The molecule has 1 unspecified atom stereocenters. The third kappa shape index (κ3) is 4.35. The fourth-order valence-corrected chi connectivity index (χ4v) is 6.24. The van der Waals surface area contributed by atoms with Crippen molar-refractivity contribution in [2.24, 2.45) is 5.92 Å². The Morgan fingerprint density at radius 2 is 1.93 bits per heavy atom. The van der Waals surface area contributed by atoms with Gasteiger partial charge in [-0.15, -0.1) is 11.3 Å². The molecule has 2 aliphatic rings. The zero-order chi connectivity index (χ0) is 19.8. The van der Waals surface area contributed by atoms with Crippen molar-refractivity contribution in [2.45, 2.75) is 55.8 Å². The van der Waals surface area contributed by atoms with Crippen LogP contribution in [0, 0.1) is 5.92 Å². The Balaban J connectivity index is 1.53. The molecule has 0 spiro atoms. The second-order valence-corrected chi connectivity index (χ2v) is 11.3. The molecule has 2 aliphatic heterocycles. The van der Waals surface area contributed by atoms with E-state index >= 15 is 0 Å². The van der Waals surface area contributed by atoms with Crippen LogP contribution in [0.5, 0.6) is 0 Å². The SMILES string of the molecule is CC(C)(C)N1CC(C(=O)NC2CCN(S(=O)(=O)c3cccs3)CC2)CC1=O. The lowest BCUT2D eigenvalue weighted by Crippen LogP contribution is -2.48. The first-order valence-corrected chi connectivity index (χ1v) is 11.6. The van der Waals surface area contributed by atoms with Crippen LogP contribution in [0.15, 0.2) is 21.7 Å². The van der Waals surface area contributed by atoms with E-state index in [2.05, 4.69) is 5.32 Å².